The van der Waals surface area contributed by atoms with Crippen LogP contribution < -0.4 is 15.0 Å². The Hall–Kier alpha value is -3.75. The number of benzene rings is 4. The number of carboxylic acids is 1. The summed E-state index contributed by atoms with van der Waals surface area (Å²) in [5.74, 6) is -5.79. The highest BCUT2D eigenvalue weighted by atomic mass is 35.5. The Balaban J connectivity index is 0.00000336. The molecule has 0 bridgehead atoms. The molecule has 1 heterocycles. The van der Waals surface area contributed by atoms with Gasteiger partial charge in [0.05, 0.1) is 17.8 Å². The fraction of sp³-hybridized carbons (Fsp3) is 0.207. The molecular weight excluding hydrogens is 517 g/mol. The van der Waals surface area contributed by atoms with E-state index in [-0.39, 0.29) is 54.9 Å². The summed E-state index contributed by atoms with van der Waals surface area (Å²) in [5.41, 5.74) is 1.31. The van der Waals surface area contributed by atoms with Crippen LogP contribution >= 0.6 is 12.4 Å². The first kappa shape index (κ1) is 27.3. The predicted octanol–water partition coefficient (Wildman–Crippen LogP) is 7.18. The van der Waals surface area contributed by atoms with Crippen LogP contribution in [0.5, 0.6) is 5.75 Å². The van der Waals surface area contributed by atoms with Gasteiger partial charge < -0.3 is 20.1 Å². The molecule has 0 aliphatic carbocycles. The summed E-state index contributed by atoms with van der Waals surface area (Å²) in [4.78, 5) is 12.8. The van der Waals surface area contributed by atoms with Crippen LogP contribution in [0.4, 0.5) is 24.5 Å². The molecule has 0 radical (unpaired) electrons. The maximum absolute atomic E-state index is 16.2. The number of anilines is 2. The normalized spacial score (nSPS) is 17.3. The third-order valence-electron chi connectivity index (χ3n) is 6.60. The van der Waals surface area contributed by atoms with Crippen LogP contribution in [0.3, 0.4) is 0 Å². The standard InChI is InChI=1S/C29H25F3N2O3.ClH/c1-18(23-11-5-7-19-6-2-3-10-24(19)23)33-13-12-29(32)17-34(22-9-4-8-20(14-22)28(35)36)26-16-21(30)15-25(31)27(26)37-29;/h2-11,14-16,18,33H,12-13,17H2,1H3,(H,35,36);1H/t18-,29?;/m1./s1. The molecule has 0 fully saturated rings. The van der Waals surface area contributed by atoms with Gasteiger partial charge in [-0.25, -0.2) is 13.6 Å². The van der Waals surface area contributed by atoms with Gasteiger partial charge in [0, 0.05) is 36.8 Å². The Labute approximate surface area is 224 Å². The molecule has 2 atom stereocenters. The van der Waals surface area contributed by atoms with Gasteiger partial charge in [-0.05, 0) is 41.5 Å². The van der Waals surface area contributed by atoms with Crippen LogP contribution in [-0.4, -0.2) is 30.0 Å². The third kappa shape index (κ3) is 5.42. The fourth-order valence-corrected chi connectivity index (χ4v) is 4.77. The van der Waals surface area contributed by atoms with Gasteiger partial charge in [0.2, 0.25) is 0 Å². The molecule has 1 aliphatic rings. The minimum atomic E-state index is -2.32. The molecule has 2 N–H and O–H groups in total. The highest BCUT2D eigenvalue weighted by molar-refractivity contribution is 5.89. The van der Waals surface area contributed by atoms with E-state index in [9.17, 15) is 18.7 Å². The van der Waals surface area contributed by atoms with Gasteiger partial charge in [0.25, 0.3) is 5.85 Å². The third-order valence-corrected chi connectivity index (χ3v) is 6.60. The molecule has 0 aromatic heterocycles. The number of hydrogen-bond acceptors (Lipinski definition) is 4. The monoisotopic (exact) mass is 542 g/mol. The molecule has 1 unspecified atom stereocenters. The highest BCUT2D eigenvalue weighted by Gasteiger charge is 2.42. The van der Waals surface area contributed by atoms with Gasteiger partial charge in [-0.2, -0.15) is 4.39 Å². The number of aromatic carboxylic acids is 1. The van der Waals surface area contributed by atoms with Crippen molar-refractivity contribution in [3.05, 3.63) is 102 Å². The number of ether oxygens (including phenoxy) is 1. The van der Waals surface area contributed by atoms with E-state index in [0.717, 1.165) is 22.4 Å². The minimum absolute atomic E-state index is 0. The SMILES string of the molecule is C[C@@H](NCCC1(F)CN(c2cccc(C(=O)O)c2)c2cc(F)cc(F)c2O1)c1cccc2ccccc12.Cl. The van der Waals surface area contributed by atoms with Gasteiger partial charge in [0.15, 0.2) is 11.6 Å². The van der Waals surface area contributed by atoms with Crippen LogP contribution in [0.15, 0.2) is 78.9 Å². The largest absolute Gasteiger partial charge is 0.478 e. The minimum Gasteiger partial charge on any atom is -0.478 e. The van der Waals surface area contributed by atoms with Crippen molar-refractivity contribution in [2.75, 3.05) is 18.0 Å². The average molecular weight is 543 g/mol. The van der Waals surface area contributed by atoms with Crippen molar-refractivity contribution in [1.82, 2.24) is 5.32 Å². The van der Waals surface area contributed by atoms with Crippen molar-refractivity contribution >= 4 is 40.5 Å². The lowest BCUT2D eigenvalue weighted by atomic mass is 9.99. The summed E-state index contributed by atoms with van der Waals surface area (Å²) in [6.07, 6.45) is -0.131. The van der Waals surface area contributed by atoms with Crippen molar-refractivity contribution < 1.29 is 27.8 Å². The van der Waals surface area contributed by atoms with E-state index in [4.69, 9.17) is 4.74 Å². The van der Waals surface area contributed by atoms with Crippen molar-refractivity contribution in [3.63, 3.8) is 0 Å². The molecule has 0 saturated carbocycles. The lowest BCUT2D eigenvalue weighted by Gasteiger charge is -2.40. The zero-order valence-electron chi connectivity index (χ0n) is 20.5. The number of halogens is 4. The first-order valence-electron chi connectivity index (χ1n) is 11.9. The lowest BCUT2D eigenvalue weighted by Crippen LogP contribution is -2.48. The number of nitrogens with one attached hydrogen (secondary N) is 1. The van der Waals surface area contributed by atoms with Crippen molar-refractivity contribution in [2.24, 2.45) is 0 Å². The maximum Gasteiger partial charge on any atom is 0.335 e. The van der Waals surface area contributed by atoms with E-state index in [0.29, 0.717) is 6.07 Å². The number of fused-ring (bicyclic) bond motifs is 2. The number of carboxylic acid groups (broad SMARTS) is 1. The molecule has 5 rings (SSSR count). The summed E-state index contributed by atoms with van der Waals surface area (Å²) in [7, 11) is 0. The summed E-state index contributed by atoms with van der Waals surface area (Å²) in [6, 6.07) is 21.4. The van der Waals surface area contributed by atoms with Gasteiger partial charge in [-0.1, -0.05) is 48.5 Å². The second-order valence-corrected chi connectivity index (χ2v) is 9.16. The molecule has 0 saturated heterocycles. The summed E-state index contributed by atoms with van der Waals surface area (Å²) in [5, 5.41) is 14.9. The second kappa shape index (κ2) is 10.9. The van der Waals surface area contributed by atoms with Crippen LogP contribution in [0, 0.1) is 11.6 Å². The molecule has 1 aliphatic heterocycles. The van der Waals surface area contributed by atoms with E-state index in [2.05, 4.69) is 5.32 Å². The topological polar surface area (TPSA) is 61.8 Å². The lowest BCUT2D eigenvalue weighted by molar-refractivity contribution is -0.0680. The maximum atomic E-state index is 16.2. The zero-order chi connectivity index (χ0) is 26.2. The summed E-state index contributed by atoms with van der Waals surface area (Å²) < 4.78 is 50.5. The number of carbonyl (C=O) groups is 1. The molecule has 4 aromatic rings. The number of alkyl halides is 1. The molecule has 5 nitrogen and oxygen atoms in total. The van der Waals surface area contributed by atoms with Gasteiger partial charge in [-0.3, -0.25) is 0 Å². The Morgan fingerprint density at radius 1 is 1.08 bits per heavy atom. The van der Waals surface area contributed by atoms with Gasteiger partial charge in [-0.15, -0.1) is 12.4 Å². The van der Waals surface area contributed by atoms with E-state index in [1.807, 2.05) is 49.4 Å². The molecule has 38 heavy (non-hydrogen) atoms. The molecule has 0 amide bonds. The van der Waals surface area contributed by atoms with Crippen LogP contribution in [0.25, 0.3) is 10.8 Å². The molecule has 9 heteroatoms. The summed E-state index contributed by atoms with van der Waals surface area (Å²) in [6.45, 7) is 1.81. The fourth-order valence-electron chi connectivity index (χ4n) is 4.77. The van der Waals surface area contributed by atoms with Gasteiger partial charge >= 0.3 is 5.97 Å². The zero-order valence-corrected chi connectivity index (χ0v) is 21.3. The van der Waals surface area contributed by atoms with E-state index in [1.165, 1.54) is 23.1 Å². The Kier molecular flexibility index (Phi) is 7.85. The van der Waals surface area contributed by atoms with Crippen LogP contribution in [0.2, 0.25) is 0 Å². The van der Waals surface area contributed by atoms with Crippen molar-refractivity contribution in [1.29, 1.82) is 0 Å². The average Bonchev–Trinajstić information content (AvgIpc) is 2.88. The van der Waals surface area contributed by atoms with Crippen LogP contribution in [0.1, 0.15) is 35.3 Å². The Bertz CT molecular complexity index is 1480. The van der Waals surface area contributed by atoms with E-state index in [1.54, 1.807) is 6.07 Å². The van der Waals surface area contributed by atoms with Crippen molar-refractivity contribution in [2.45, 2.75) is 25.2 Å². The Morgan fingerprint density at radius 3 is 2.61 bits per heavy atom. The van der Waals surface area contributed by atoms with E-state index < -0.39 is 29.2 Å². The molecule has 4 aromatic carbocycles. The summed E-state index contributed by atoms with van der Waals surface area (Å²) >= 11 is 0. The molecule has 0 spiro atoms. The number of nitrogens with zero attached hydrogens (tertiary/aromatic N) is 1. The number of hydrogen-bond donors (Lipinski definition) is 2. The number of rotatable bonds is 7. The first-order chi connectivity index (χ1) is 17.7. The van der Waals surface area contributed by atoms with E-state index >= 15 is 4.39 Å². The predicted molar refractivity (Wildman–Crippen MR) is 143 cm³/mol. The second-order valence-electron chi connectivity index (χ2n) is 9.16. The van der Waals surface area contributed by atoms with Crippen molar-refractivity contribution in [3.8, 4) is 5.75 Å². The smallest absolute Gasteiger partial charge is 0.335 e. The van der Waals surface area contributed by atoms with Gasteiger partial charge in [0.1, 0.15) is 5.82 Å². The quantitative estimate of drug-likeness (QED) is 0.259. The molecular formula is C29H26ClF3N2O3. The Morgan fingerprint density at radius 2 is 1.82 bits per heavy atom. The molecule has 198 valence electrons. The van der Waals surface area contributed by atoms with Crippen LogP contribution in [-0.2, 0) is 0 Å². The first-order valence-corrected chi connectivity index (χ1v) is 11.9. The highest BCUT2D eigenvalue weighted by Crippen LogP contribution is 2.45.